The Bertz CT molecular complexity index is 1380. The first-order chi connectivity index (χ1) is 17.7. The van der Waals surface area contributed by atoms with Gasteiger partial charge in [-0.3, -0.25) is 14.5 Å². The summed E-state index contributed by atoms with van der Waals surface area (Å²) in [6.45, 7) is 1.74. The summed E-state index contributed by atoms with van der Waals surface area (Å²) in [5.41, 5.74) is 0.867. The maximum atomic E-state index is 14.2. The van der Waals surface area contributed by atoms with Crippen molar-refractivity contribution in [2.24, 2.45) is 0 Å². The van der Waals surface area contributed by atoms with Crippen LogP contribution in [0.3, 0.4) is 0 Å². The van der Waals surface area contributed by atoms with Gasteiger partial charge in [0.05, 0.1) is 26.6 Å². The van der Waals surface area contributed by atoms with Crippen molar-refractivity contribution < 1.29 is 27.8 Å². The summed E-state index contributed by atoms with van der Waals surface area (Å²) in [4.78, 5) is 26.6. The van der Waals surface area contributed by atoms with E-state index in [2.05, 4.69) is 0 Å². The zero-order chi connectivity index (χ0) is 26.7. The van der Waals surface area contributed by atoms with E-state index in [0.29, 0.717) is 27.2 Å². The lowest BCUT2D eigenvalue weighted by atomic mass is 10.1. The van der Waals surface area contributed by atoms with Crippen LogP contribution in [0.4, 0.5) is 13.6 Å². The fourth-order valence-corrected chi connectivity index (χ4v) is 5.58. The quantitative estimate of drug-likeness (QED) is 0.179. The summed E-state index contributed by atoms with van der Waals surface area (Å²) in [6.07, 6.45) is 1.55. The molecule has 1 aliphatic rings. The second-order valence-corrected chi connectivity index (χ2v) is 10.7. The van der Waals surface area contributed by atoms with Crippen LogP contribution in [0.5, 0.6) is 11.5 Å². The van der Waals surface area contributed by atoms with Crippen LogP contribution in [-0.4, -0.2) is 22.7 Å². The van der Waals surface area contributed by atoms with Crippen LogP contribution in [0, 0.1) is 15.2 Å². The Balaban J connectivity index is 1.59. The monoisotopic (exact) mass is 675 g/mol. The number of rotatable bonds is 8. The number of benzene rings is 3. The molecule has 192 valence electrons. The lowest BCUT2D eigenvalue weighted by Gasteiger charge is -2.16. The lowest BCUT2D eigenvalue weighted by Crippen LogP contribution is -2.28. The van der Waals surface area contributed by atoms with Crippen LogP contribution in [0.1, 0.15) is 23.6 Å². The molecule has 0 atom stereocenters. The average molecular weight is 676 g/mol. The normalized spacial score (nSPS) is 14.5. The second-order valence-electron chi connectivity index (χ2n) is 7.72. The molecular weight excluding hydrogens is 658 g/mol. The Labute approximate surface area is 239 Å². The Morgan fingerprint density at radius 1 is 1.00 bits per heavy atom. The van der Waals surface area contributed by atoms with Crippen LogP contribution in [0.15, 0.2) is 53.4 Å². The molecule has 1 aliphatic heterocycles. The van der Waals surface area contributed by atoms with E-state index in [1.54, 1.807) is 31.2 Å². The SMILES string of the molecule is CCOc1cc(/C=C2\SC(=O)N(Cc3c(F)cccc3Cl)C2=O)cc(I)c1OCc1c(F)cccc1Cl. The average Bonchev–Trinajstić information content (AvgIpc) is 3.09. The fraction of sp³-hybridized carbons (Fsp3) is 0.154. The van der Waals surface area contributed by atoms with E-state index in [4.69, 9.17) is 32.7 Å². The number of ether oxygens (including phenoxy) is 2. The zero-order valence-corrected chi connectivity index (χ0v) is 23.7. The van der Waals surface area contributed by atoms with Crippen LogP contribution in [-0.2, 0) is 17.9 Å². The number of nitrogens with zero attached hydrogens (tertiary/aromatic N) is 1. The van der Waals surface area contributed by atoms with E-state index < -0.39 is 22.8 Å². The number of amides is 2. The van der Waals surface area contributed by atoms with Crippen molar-refractivity contribution >= 4 is 74.8 Å². The predicted octanol–water partition coefficient (Wildman–Crippen LogP) is 8.09. The van der Waals surface area contributed by atoms with Gasteiger partial charge in [-0.05, 0) is 89.3 Å². The van der Waals surface area contributed by atoms with Gasteiger partial charge >= 0.3 is 0 Å². The van der Waals surface area contributed by atoms with Gasteiger partial charge < -0.3 is 9.47 Å². The summed E-state index contributed by atoms with van der Waals surface area (Å²) in [7, 11) is 0. The summed E-state index contributed by atoms with van der Waals surface area (Å²) in [6, 6.07) is 12.0. The molecule has 2 amide bonds. The molecule has 1 saturated heterocycles. The van der Waals surface area contributed by atoms with Gasteiger partial charge in [0, 0.05) is 16.1 Å². The lowest BCUT2D eigenvalue weighted by molar-refractivity contribution is -0.123. The molecule has 0 saturated carbocycles. The molecule has 37 heavy (non-hydrogen) atoms. The van der Waals surface area contributed by atoms with Crippen molar-refractivity contribution in [3.05, 3.63) is 95.4 Å². The number of thioether (sulfide) groups is 1. The van der Waals surface area contributed by atoms with Crippen LogP contribution in [0.2, 0.25) is 10.0 Å². The summed E-state index contributed by atoms with van der Waals surface area (Å²) in [5.74, 6) is -0.869. The number of carbonyl (C=O) groups excluding carboxylic acids is 2. The Kier molecular flexibility index (Phi) is 8.99. The van der Waals surface area contributed by atoms with E-state index in [0.717, 1.165) is 16.7 Å². The molecular formula is C26H18Cl2F2INO4S. The minimum atomic E-state index is -0.598. The smallest absolute Gasteiger partial charge is 0.293 e. The van der Waals surface area contributed by atoms with E-state index in [-0.39, 0.29) is 39.2 Å². The molecule has 11 heteroatoms. The van der Waals surface area contributed by atoms with Gasteiger partial charge in [0.1, 0.15) is 18.2 Å². The molecule has 0 aromatic heterocycles. The van der Waals surface area contributed by atoms with Gasteiger partial charge in [0.15, 0.2) is 11.5 Å². The largest absolute Gasteiger partial charge is 0.490 e. The second kappa shape index (κ2) is 12.0. The minimum absolute atomic E-state index is 0.0670. The van der Waals surface area contributed by atoms with Gasteiger partial charge in [-0.1, -0.05) is 35.3 Å². The summed E-state index contributed by atoms with van der Waals surface area (Å²) < 4.78 is 40.6. The molecule has 4 rings (SSSR count). The number of hydrogen-bond acceptors (Lipinski definition) is 5. The molecule has 1 heterocycles. The number of hydrogen-bond donors (Lipinski definition) is 0. The number of halogens is 5. The van der Waals surface area contributed by atoms with Crippen molar-refractivity contribution in [1.29, 1.82) is 0 Å². The third kappa shape index (κ3) is 6.22. The highest BCUT2D eigenvalue weighted by molar-refractivity contribution is 14.1. The fourth-order valence-electron chi connectivity index (χ4n) is 3.52. The molecule has 0 N–H and O–H groups in total. The van der Waals surface area contributed by atoms with Crippen LogP contribution >= 0.6 is 57.6 Å². The molecule has 0 radical (unpaired) electrons. The summed E-state index contributed by atoms with van der Waals surface area (Å²) >= 11 is 15.0. The maximum absolute atomic E-state index is 14.2. The molecule has 3 aromatic rings. The van der Waals surface area contributed by atoms with E-state index in [1.807, 2.05) is 22.6 Å². The molecule has 0 aliphatic carbocycles. The maximum Gasteiger partial charge on any atom is 0.293 e. The van der Waals surface area contributed by atoms with E-state index in [9.17, 15) is 18.4 Å². The molecule has 0 bridgehead atoms. The Hall–Kier alpha value is -2.34. The van der Waals surface area contributed by atoms with Gasteiger partial charge in [-0.2, -0.15) is 0 Å². The first-order valence-electron chi connectivity index (χ1n) is 10.9. The molecule has 0 spiro atoms. The number of imide groups is 1. The van der Waals surface area contributed by atoms with Gasteiger partial charge in [0.25, 0.3) is 11.1 Å². The van der Waals surface area contributed by atoms with E-state index >= 15 is 0 Å². The Morgan fingerprint density at radius 2 is 1.65 bits per heavy atom. The van der Waals surface area contributed by atoms with Crippen LogP contribution in [0.25, 0.3) is 6.08 Å². The van der Waals surface area contributed by atoms with Gasteiger partial charge in [-0.15, -0.1) is 0 Å². The summed E-state index contributed by atoms with van der Waals surface area (Å²) in [5, 5.41) is -0.153. The van der Waals surface area contributed by atoms with Gasteiger partial charge in [-0.25, -0.2) is 8.78 Å². The van der Waals surface area contributed by atoms with Crippen molar-refractivity contribution in [1.82, 2.24) is 4.90 Å². The highest BCUT2D eigenvalue weighted by atomic mass is 127. The standard InChI is InChI=1S/C26H18Cl2F2INO4S/c1-2-35-22-10-14(9-21(31)24(22)36-13-16-18(28)6-4-8-20(16)30)11-23-25(33)32(26(34)37-23)12-15-17(27)5-3-7-19(15)29/h3-11H,2,12-13H2,1H3/b23-11-. The zero-order valence-electron chi connectivity index (χ0n) is 19.2. The van der Waals surface area contributed by atoms with Crippen LogP contribution < -0.4 is 9.47 Å². The molecule has 0 unspecified atom stereocenters. The highest BCUT2D eigenvalue weighted by Crippen LogP contribution is 2.39. The topological polar surface area (TPSA) is 55.8 Å². The highest BCUT2D eigenvalue weighted by Gasteiger charge is 2.36. The minimum Gasteiger partial charge on any atom is -0.490 e. The first-order valence-corrected chi connectivity index (χ1v) is 13.5. The van der Waals surface area contributed by atoms with Crippen molar-refractivity contribution in [2.75, 3.05) is 6.61 Å². The molecule has 1 fully saturated rings. The van der Waals surface area contributed by atoms with Crippen molar-refractivity contribution in [3.8, 4) is 11.5 Å². The van der Waals surface area contributed by atoms with E-state index in [1.165, 1.54) is 30.3 Å². The third-order valence-electron chi connectivity index (χ3n) is 5.30. The first kappa shape index (κ1) is 27.7. The third-order valence-corrected chi connectivity index (χ3v) is 7.72. The molecule has 3 aromatic carbocycles. The number of carbonyl (C=O) groups is 2. The molecule has 5 nitrogen and oxygen atoms in total. The Morgan fingerprint density at radius 3 is 2.27 bits per heavy atom. The van der Waals surface area contributed by atoms with Crippen molar-refractivity contribution in [2.45, 2.75) is 20.1 Å². The predicted molar refractivity (Wildman–Crippen MR) is 149 cm³/mol. The van der Waals surface area contributed by atoms with Crippen molar-refractivity contribution in [3.63, 3.8) is 0 Å². The van der Waals surface area contributed by atoms with Gasteiger partial charge in [0.2, 0.25) is 0 Å².